The number of carbonyl (C=O) groups is 1. The van der Waals surface area contributed by atoms with E-state index in [1.165, 1.54) is 5.56 Å². The average Bonchev–Trinajstić information content (AvgIpc) is 2.86. The van der Waals surface area contributed by atoms with Crippen LogP contribution in [0.5, 0.6) is 0 Å². The number of benzene rings is 1. The van der Waals surface area contributed by atoms with Crippen molar-refractivity contribution >= 4 is 11.6 Å². The summed E-state index contributed by atoms with van der Waals surface area (Å²) in [6.45, 7) is 2.09. The largest absolute Gasteiger partial charge is 0.476 e. The number of aromatic carboxylic acids is 1. The van der Waals surface area contributed by atoms with Gasteiger partial charge in [0, 0.05) is 11.8 Å². The molecule has 0 bridgehead atoms. The highest BCUT2D eigenvalue weighted by molar-refractivity contribution is 5.94. The Hall–Kier alpha value is -2.62. The molecule has 0 saturated carbocycles. The summed E-state index contributed by atoms with van der Waals surface area (Å²) in [6.07, 6.45) is 2.67. The molecule has 0 aliphatic carbocycles. The summed E-state index contributed by atoms with van der Waals surface area (Å²) in [7, 11) is 0. The van der Waals surface area contributed by atoms with Gasteiger partial charge in [0.1, 0.15) is 11.3 Å². The first-order chi connectivity index (χ1) is 9.70. The lowest BCUT2D eigenvalue weighted by Gasteiger charge is -2.02. The molecule has 0 unspecified atom stereocenters. The molecule has 2 aromatic heterocycles. The van der Waals surface area contributed by atoms with Crippen molar-refractivity contribution < 1.29 is 9.90 Å². The molecule has 20 heavy (non-hydrogen) atoms. The Morgan fingerprint density at radius 1 is 1.20 bits per heavy atom. The third-order valence-corrected chi connectivity index (χ3v) is 3.37. The predicted molar refractivity (Wildman–Crippen MR) is 77.0 cm³/mol. The van der Waals surface area contributed by atoms with Crippen molar-refractivity contribution in [3.63, 3.8) is 0 Å². The molecule has 1 N–H and O–H groups in total. The Bertz CT molecular complexity index is 773. The SMILES string of the molecule is CCc1ccc(-c2nc3ccccn3c2C(=O)O)cc1. The number of imidazole rings is 1. The van der Waals surface area contributed by atoms with Crippen molar-refractivity contribution in [2.45, 2.75) is 13.3 Å². The van der Waals surface area contributed by atoms with Gasteiger partial charge in [0.25, 0.3) is 0 Å². The van der Waals surface area contributed by atoms with Gasteiger partial charge in [-0.15, -0.1) is 0 Å². The van der Waals surface area contributed by atoms with Crippen LogP contribution < -0.4 is 0 Å². The van der Waals surface area contributed by atoms with E-state index in [2.05, 4.69) is 11.9 Å². The average molecular weight is 266 g/mol. The molecule has 3 aromatic rings. The first-order valence-corrected chi connectivity index (χ1v) is 6.50. The number of carboxylic acid groups (broad SMARTS) is 1. The summed E-state index contributed by atoms with van der Waals surface area (Å²) in [5.41, 5.74) is 3.38. The number of aromatic nitrogens is 2. The molecule has 0 fully saturated rings. The van der Waals surface area contributed by atoms with Crippen LogP contribution in [0.15, 0.2) is 48.7 Å². The highest BCUT2D eigenvalue weighted by atomic mass is 16.4. The first kappa shape index (κ1) is 12.4. The molecule has 3 rings (SSSR count). The number of nitrogens with zero attached hydrogens (tertiary/aromatic N) is 2. The maximum absolute atomic E-state index is 11.5. The minimum absolute atomic E-state index is 0.199. The third-order valence-electron chi connectivity index (χ3n) is 3.37. The first-order valence-electron chi connectivity index (χ1n) is 6.50. The quantitative estimate of drug-likeness (QED) is 0.791. The van der Waals surface area contributed by atoms with Gasteiger partial charge in [-0.2, -0.15) is 0 Å². The van der Waals surface area contributed by atoms with E-state index in [4.69, 9.17) is 0 Å². The summed E-state index contributed by atoms with van der Waals surface area (Å²) >= 11 is 0. The van der Waals surface area contributed by atoms with Crippen LogP contribution in [-0.4, -0.2) is 20.5 Å². The fraction of sp³-hybridized carbons (Fsp3) is 0.125. The fourth-order valence-electron chi connectivity index (χ4n) is 2.30. The van der Waals surface area contributed by atoms with Crippen molar-refractivity contribution in [3.05, 3.63) is 59.9 Å². The lowest BCUT2D eigenvalue weighted by molar-refractivity contribution is 0.0690. The topological polar surface area (TPSA) is 54.6 Å². The van der Waals surface area contributed by atoms with Crippen LogP contribution >= 0.6 is 0 Å². The molecular formula is C16H14N2O2. The standard InChI is InChI=1S/C16H14N2O2/c1-2-11-6-8-12(9-7-11)14-15(16(19)20)18-10-4-3-5-13(18)17-14/h3-10H,2H2,1H3,(H,19,20). The summed E-state index contributed by atoms with van der Waals surface area (Å²) in [5.74, 6) is -0.974. The number of pyridine rings is 1. The van der Waals surface area contributed by atoms with Crippen LogP contribution in [-0.2, 0) is 6.42 Å². The van der Waals surface area contributed by atoms with Crippen molar-refractivity contribution in [2.75, 3.05) is 0 Å². The summed E-state index contributed by atoms with van der Waals surface area (Å²) in [5, 5.41) is 9.45. The Morgan fingerprint density at radius 2 is 1.95 bits per heavy atom. The van der Waals surface area contributed by atoms with Crippen molar-refractivity contribution in [2.24, 2.45) is 0 Å². The van der Waals surface area contributed by atoms with Crippen LogP contribution in [0.2, 0.25) is 0 Å². The summed E-state index contributed by atoms with van der Waals surface area (Å²) in [4.78, 5) is 16.0. The molecule has 0 spiro atoms. The monoisotopic (exact) mass is 266 g/mol. The van der Waals surface area contributed by atoms with E-state index >= 15 is 0 Å². The smallest absolute Gasteiger partial charge is 0.355 e. The predicted octanol–water partition coefficient (Wildman–Crippen LogP) is 3.26. The second kappa shape index (κ2) is 4.81. The van der Waals surface area contributed by atoms with Crippen LogP contribution in [0.25, 0.3) is 16.9 Å². The van der Waals surface area contributed by atoms with Gasteiger partial charge in [-0.05, 0) is 24.1 Å². The van der Waals surface area contributed by atoms with Crippen molar-refractivity contribution in [3.8, 4) is 11.3 Å². The zero-order chi connectivity index (χ0) is 14.1. The Kier molecular flexibility index (Phi) is 2.99. The molecule has 0 amide bonds. The number of carboxylic acids is 1. The van der Waals surface area contributed by atoms with Gasteiger partial charge in [0.05, 0.1) is 0 Å². The van der Waals surface area contributed by atoms with Gasteiger partial charge in [-0.1, -0.05) is 37.3 Å². The van der Waals surface area contributed by atoms with Gasteiger partial charge in [0.15, 0.2) is 5.69 Å². The number of fused-ring (bicyclic) bond motifs is 1. The lowest BCUT2D eigenvalue weighted by atomic mass is 10.1. The zero-order valence-corrected chi connectivity index (χ0v) is 11.1. The van der Waals surface area contributed by atoms with E-state index in [1.54, 1.807) is 22.7 Å². The molecule has 0 aliphatic heterocycles. The van der Waals surface area contributed by atoms with E-state index in [0.717, 1.165) is 12.0 Å². The second-order valence-electron chi connectivity index (χ2n) is 4.59. The van der Waals surface area contributed by atoms with E-state index in [-0.39, 0.29) is 5.69 Å². The van der Waals surface area contributed by atoms with E-state index in [1.807, 2.05) is 30.3 Å². The van der Waals surface area contributed by atoms with E-state index < -0.39 is 5.97 Å². The van der Waals surface area contributed by atoms with Gasteiger partial charge >= 0.3 is 5.97 Å². The zero-order valence-electron chi connectivity index (χ0n) is 11.1. The van der Waals surface area contributed by atoms with E-state index in [0.29, 0.717) is 11.3 Å². The molecule has 1 aromatic carbocycles. The van der Waals surface area contributed by atoms with Crippen LogP contribution in [0, 0.1) is 0 Å². The molecule has 0 saturated heterocycles. The molecular weight excluding hydrogens is 252 g/mol. The molecule has 100 valence electrons. The third kappa shape index (κ3) is 1.95. The number of aryl methyl sites for hydroxylation is 1. The fourth-order valence-corrected chi connectivity index (χ4v) is 2.30. The molecule has 4 heteroatoms. The minimum atomic E-state index is -0.974. The van der Waals surface area contributed by atoms with Crippen LogP contribution in [0.1, 0.15) is 23.0 Å². The molecule has 4 nitrogen and oxygen atoms in total. The number of hydrogen-bond donors (Lipinski definition) is 1. The normalized spacial score (nSPS) is 10.8. The maximum atomic E-state index is 11.5. The Labute approximate surface area is 116 Å². The van der Waals surface area contributed by atoms with Crippen LogP contribution in [0.3, 0.4) is 0 Å². The lowest BCUT2D eigenvalue weighted by Crippen LogP contribution is -2.03. The molecule has 2 heterocycles. The maximum Gasteiger partial charge on any atom is 0.355 e. The molecule has 0 radical (unpaired) electrons. The Balaban J connectivity index is 2.23. The minimum Gasteiger partial charge on any atom is -0.476 e. The van der Waals surface area contributed by atoms with Crippen molar-refractivity contribution in [1.82, 2.24) is 9.38 Å². The van der Waals surface area contributed by atoms with Gasteiger partial charge < -0.3 is 5.11 Å². The molecule has 0 aliphatic rings. The highest BCUT2D eigenvalue weighted by Gasteiger charge is 2.19. The van der Waals surface area contributed by atoms with Gasteiger partial charge in [-0.25, -0.2) is 9.78 Å². The van der Waals surface area contributed by atoms with Crippen LogP contribution in [0.4, 0.5) is 0 Å². The van der Waals surface area contributed by atoms with Gasteiger partial charge in [0.2, 0.25) is 0 Å². The van der Waals surface area contributed by atoms with Crippen molar-refractivity contribution in [1.29, 1.82) is 0 Å². The number of rotatable bonds is 3. The highest BCUT2D eigenvalue weighted by Crippen LogP contribution is 2.25. The van der Waals surface area contributed by atoms with E-state index in [9.17, 15) is 9.90 Å². The molecule has 0 atom stereocenters. The second-order valence-corrected chi connectivity index (χ2v) is 4.59. The number of hydrogen-bond acceptors (Lipinski definition) is 2. The summed E-state index contributed by atoms with van der Waals surface area (Å²) in [6, 6.07) is 13.3. The summed E-state index contributed by atoms with van der Waals surface area (Å²) < 4.78 is 1.60. The van der Waals surface area contributed by atoms with Gasteiger partial charge in [-0.3, -0.25) is 4.40 Å². The Morgan fingerprint density at radius 3 is 2.60 bits per heavy atom.